The van der Waals surface area contributed by atoms with Gasteiger partial charge in [0.25, 0.3) is 6.54 Å². The molecule has 6 nitrogen and oxygen atoms in total. The molecule has 2 rings (SSSR count). The van der Waals surface area contributed by atoms with Crippen LogP contribution >= 0.6 is 35.0 Å². The first-order chi connectivity index (χ1) is 11.8. The van der Waals surface area contributed by atoms with Gasteiger partial charge in [-0.2, -0.15) is 0 Å². The van der Waals surface area contributed by atoms with E-state index in [1.807, 2.05) is 0 Å². The van der Waals surface area contributed by atoms with Crippen LogP contribution in [0.5, 0.6) is 0 Å². The number of rotatable bonds is 6. The van der Waals surface area contributed by atoms with Gasteiger partial charge in [-0.3, -0.25) is 24.5 Å². The van der Waals surface area contributed by atoms with Crippen molar-refractivity contribution in [2.45, 2.75) is 5.92 Å². The zero-order chi connectivity index (χ0) is 18.6. The molecule has 2 aromatic carbocycles. The van der Waals surface area contributed by atoms with E-state index in [2.05, 4.69) is 4.84 Å². The fourth-order valence-electron chi connectivity index (χ4n) is 2.31. The molecule has 25 heavy (non-hydrogen) atoms. The highest BCUT2D eigenvalue weighted by Gasteiger charge is 2.24. The standard InChI is InChI=1S/C16H11Cl3N2O4/c17-12-6-5-11(7-13(12)18)15(16(23)20-19)10-3-1-9(2-4-10)14(22)8-21(24)25/h1-7,15H,8H2,(H,20,23). The van der Waals surface area contributed by atoms with E-state index in [0.29, 0.717) is 16.1 Å². The summed E-state index contributed by atoms with van der Waals surface area (Å²) in [5, 5.41) is 11.1. The van der Waals surface area contributed by atoms with Crippen LogP contribution in [0, 0.1) is 10.1 Å². The van der Waals surface area contributed by atoms with Gasteiger partial charge in [-0.05, 0) is 23.3 Å². The van der Waals surface area contributed by atoms with Crippen molar-refractivity contribution in [1.29, 1.82) is 0 Å². The molecular weight excluding hydrogens is 391 g/mol. The Balaban J connectivity index is 2.38. The summed E-state index contributed by atoms with van der Waals surface area (Å²) in [5.74, 6) is -1.90. The molecule has 9 heteroatoms. The maximum atomic E-state index is 12.2. The van der Waals surface area contributed by atoms with Gasteiger partial charge in [0.15, 0.2) is 0 Å². The first kappa shape index (κ1) is 19.2. The highest BCUT2D eigenvalue weighted by molar-refractivity contribution is 6.42. The molecule has 0 aromatic heterocycles. The van der Waals surface area contributed by atoms with Gasteiger partial charge < -0.3 is 0 Å². The second-order valence-electron chi connectivity index (χ2n) is 5.10. The Morgan fingerprint density at radius 1 is 1.04 bits per heavy atom. The SMILES string of the molecule is O=C(C[N+](=O)[O-])c1ccc(C(C(=O)NCl)c2ccc(Cl)c(Cl)c2)cc1. The minimum absolute atomic E-state index is 0.180. The van der Waals surface area contributed by atoms with E-state index in [1.165, 1.54) is 24.3 Å². The number of hydrogen-bond donors (Lipinski definition) is 1. The summed E-state index contributed by atoms with van der Waals surface area (Å²) < 4.78 is 0. The van der Waals surface area contributed by atoms with Crippen molar-refractivity contribution in [3.05, 3.63) is 79.3 Å². The monoisotopic (exact) mass is 400 g/mol. The number of halogens is 3. The van der Waals surface area contributed by atoms with Crippen molar-refractivity contribution < 1.29 is 14.5 Å². The molecule has 0 bridgehead atoms. The lowest BCUT2D eigenvalue weighted by atomic mass is 9.90. The van der Waals surface area contributed by atoms with Crippen LogP contribution in [0.4, 0.5) is 0 Å². The highest BCUT2D eigenvalue weighted by atomic mass is 35.5. The summed E-state index contributed by atoms with van der Waals surface area (Å²) in [7, 11) is 0. The van der Waals surface area contributed by atoms with E-state index in [1.54, 1.807) is 18.2 Å². The minimum Gasteiger partial charge on any atom is -0.287 e. The molecule has 0 spiro atoms. The van der Waals surface area contributed by atoms with Gasteiger partial charge in [-0.15, -0.1) is 0 Å². The van der Waals surface area contributed by atoms with Crippen LogP contribution < -0.4 is 4.84 Å². The van der Waals surface area contributed by atoms with Crippen molar-refractivity contribution in [2.75, 3.05) is 6.54 Å². The molecule has 0 aliphatic rings. The van der Waals surface area contributed by atoms with Gasteiger partial charge in [-0.1, -0.05) is 53.5 Å². The minimum atomic E-state index is -0.794. The lowest BCUT2D eigenvalue weighted by Gasteiger charge is -2.16. The smallest absolute Gasteiger partial charge is 0.265 e. The summed E-state index contributed by atoms with van der Waals surface area (Å²) in [6.45, 7) is -0.794. The molecule has 1 unspecified atom stereocenters. The van der Waals surface area contributed by atoms with Crippen LogP contribution in [0.15, 0.2) is 42.5 Å². The van der Waals surface area contributed by atoms with Gasteiger partial charge in [-0.25, -0.2) is 0 Å². The average Bonchev–Trinajstić information content (AvgIpc) is 2.58. The lowest BCUT2D eigenvalue weighted by molar-refractivity contribution is -0.465. The first-order valence-electron chi connectivity index (χ1n) is 6.94. The van der Waals surface area contributed by atoms with Crippen molar-refractivity contribution in [3.8, 4) is 0 Å². The van der Waals surface area contributed by atoms with E-state index in [4.69, 9.17) is 35.0 Å². The van der Waals surface area contributed by atoms with Crippen LogP contribution in [-0.4, -0.2) is 23.2 Å². The maximum absolute atomic E-state index is 12.2. The highest BCUT2D eigenvalue weighted by Crippen LogP contribution is 2.31. The normalized spacial score (nSPS) is 11.6. The number of ketones is 1. The van der Waals surface area contributed by atoms with Crippen molar-refractivity contribution in [3.63, 3.8) is 0 Å². The molecule has 0 radical (unpaired) electrons. The second-order valence-corrected chi connectivity index (χ2v) is 6.10. The van der Waals surface area contributed by atoms with E-state index in [9.17, 15) is 19.7 Å². The molecule has 0 saturated heterocycles. The van der Waals surface area contributed by atoms with Crippen LogP contribution in [0.25, 0.3) is 0 Å². The van der Waals surface area contributed by atoms with Crippen LogP contribution in [0.2, 0.25) is 10.0 Å². The number of nitrogens with zero attached hydrogens (tertiary/aromatic N) is 1. The van der Waals surface area contributed by atoms with Gasteiger partial charge in [0.1, 0.15) is 0 Å². The summed E-state index contributed by atoms with van der Waals surface area (Å²) in [6, 6.07) is 10.7. The number of carbonyl (C=O) groups excluding carboxylic acids is 2. The van der Waals surface area contributed by atoms with Crippen molar-refractivity contribution in [2.24, 2.45) is 0 Å². The third kappa shape index (κ3) is 4.69. The maximum Gasteiger partial charge on any atom is 0.265 e. The molecule has 0 aliphatic heterocycles. The molecule has 1 amide bonds. The first-order valence-corrected chi connectivity index (χ1v) is 8.07. The Labute approximate surface area is 157 Å². The van der Waals surface area contributed by atoms with Gasteiger partial charge in [0.2, 0.25) is 11.7 Å². The van der Waals surface area contributed by atoms with E-state index >= 15 is 0 Å². The fraction of sp³-hybridized carbons (Fsp3) is 0.125. The zero-order valence-electron chi connectivity index (χ0n) is 12.5. The van der Waals surface area contributed by atoms with Crippen LogP contribution in [0.1, 0.15) is 27.4 Å². The van der Waals surface area contributed by atoms with Gasteiger partial charge in [0.05, 0.1) is 16.0 Å². The Kier molecular flexibility index (Phi) is 6.36. The number of hydrogen-bond acceptors (Lipinski definition) is 4. The summed E-state index contributed by atoms with van der Waals surface area (Å²) in [4.78, 5) is 35.7. The summed E-state index contributed by atoms with van der Waals surface area (Å²) >= 11 is 17.4. The number of amides is 1. The molecule has 1 atom stereocenters. The van der Waals surface area contributed by atoms with Gasteiger partial charge in [0, 0.05) is 22.3 Å². The zero-order valence-corrected chi connectivity index (χ0v) is 14.8. The number of nitro groups is 1. The van der Waals surface area contributed by atoms with E-state index in [0.717, 1.165) is 0 Å². The number of benzene rings is 2. The van der Waals surface area contributed by atoms with Gasteiger partial charge >= 0.3 is 0 Å². The third-order valence-corrected chi connectivity index (χ3v) is 4.40. The Morgan fingerprint density at radius 3 is 2.16 bits per heavy atom. The molecule has 0 heterocycles. The third-order valence-electron chi connectivity index (χ3n) is 3.47. The van der Waals surface area contributed by atoms with E-state index < -0.39 is 29.1 Å². The predicted octanol–water partition coefficient (Wildman–Crippen LogP) is 3.85. The van der Waals surface area contributed by atoms with Crippen molar-refractivity contribution in [1.82, 2.24) is 4.84 Å². The van der Waals surface area contributed by atoms with E-state index in [-0.39, 0.29) is 10.6 Å². The predicted molar refractivity (Wildman–Crippen MR) is 94.9 cm³/mol. The van der Waals surface area contributed by atoms with Crippen LogP contribution in [-0.2, 0) is 4.79 Å². The Hall–Kier alpha value is -2.15. The number of nitrogens with one attached hydrogen (secondary N) is 1. The molecule has 1 N–H and O–H groups in total. The Morgan fingerprint density at radius 2 is 1.64 bits per heavy atom. The Bertz CT molecular complexity index is 825. The molecule has 130 valence electrons. The molecule has 0 fully saturated rings. The molecule has 0 aliphatic carbocycles. The average molecular weight is 402 g/mol. The largest absolute Gasteiger partial charge is 0.287 e. The molecular formula is C16H11Cl3N2O4. The van der Waals surface area contributed by atoms with Crippen LogP contribution in [0.3, 0.4) is 0 Å². The fourth-order valence-corrected chi connectivity index (χ4v) is 2.73. The quantitative estimate of drug-likeness (QED) is 0.344. The topological polar surface area (TPSA) is 89.3 Å². The van der Waals surface area contributed by atoms with Crippen molar-refractivity contribution >= 4 is 46.7 Å². The molecule has 0 saturated carbocycles. The number of Topliss-reactive ketones (excluding diaryl/α,β-unsaturated/α-hetero) is 1. The summed E-state index contributed by atoms with van der Waals surface area (Å²) in [5.41, 5.74) is 1.27. The summed E-state index contributed by atoms with van der Waals surface area (Å²) in [6.07, 6.45) is 0. The number of carbonyl (C=O) groups is 2. The molecule has 2 aromatic rings. The lowest BCUT2D eigenvalue weighted by Crippen LogP contribution is -2.23. The second kappa shape index (κ2) is 8.29.